The summed E-state index contributed by atoms with van der Waals surface area (Å²) in [5, 5.41) is 3.47. The molecule has 0 amide bonds. The van der Waals surface area contributed by atoms with E-state index in [1.54, 1.807) is 7.11 Å². The maximum atomic E-state index is 5.76. The summed E-state index contributed by atoms with van der Waals surface area (Å²) >= 11 is 0. The molecule has 1 saturated heterocycles. The van der Waals surface area contributed by atoms with E-state index < -0.39 is 0 Å². The van der Waals surface area contributed by atoms with Crippen molar-refractivity contribution in [3.8, 4) is 5.75 Å². The van der Waals surface area contributed by atoms with Gasteiger partial charge in [-0.2, -0.15) is 0 Å². The van der Waals surface area contributed by atoms with Crippen LogP contribution in [0.5, 0.6) is 5.75 Å². The summed E-state index contributed by atoms with van der Waals surface area (Å²) in [5.74, 6) is 2.73. The van der Waals surface area contributed by atoms with Gasteiger partial charge in [0.15, 0.2) is 5.96 Å². The van der Waals surface area contributed by atoms with Crippen molar-refractivity contribution in [1.29, 1.82) is 0 Å². The lowest BCUT2D eigenvalue weighted by atomic mass is 10.00. The Morgan fingerprint density at radius 2 is 2.08 bits per heavy atom. The highest BCUT2D eigenvalue weighted by Gasteiger charge is 2.18. The van der Waals surface area contributed by atoms with Crippen LogP contribution in [-0.4, -0.2) is 51.3 Å². The number of ether oxygens (including phenoxy) is 2. The van der Waals surface area contributed by atoms with Crippen LogP contribution in [0, 0.1) is 5.92 Å². The van der Waals surface area contributed by atoms with E-state index in [9.17, 15) is 0 Å². The molecule has 0 saturated carbocycles. The fraction of sp³-hybridized carbons (Fsp3) is 0.632. The Kier molecular flexibility index (Phi) is 7.89. The van der Waals surface area contributed by atoms with Crippen LogP contribution in [0.2, 0.25) is 0 Å². The van der Waals surface area contributed by atoms with Gasteiger partial charge in [0.1, 0.15) is 5.75 Å². The topological polar surface area (TPSA) is 46.1 Å². The molecule has 0 spiro atoms. The molecule has 0 bridgehead atoms. The Hall–Kier alpha value is -1.75. The highest BCUT2D eigenvalue weighted by molar-refractivity contribution is 5.79. The molecule has 1 fully saturated rings. The Morgan fingerprint density at radius 1 is 1.29 bits per heavy atom. The van der Waals surface area contributed by atoms with Gasteiger partial charge in [0, 0.05) is 46.8 Å². The monoisotopic (exact) mass is 333 g/mol. The molecule has 0 radical (unpaired) electrons. The highest BCUT2D eigenvalue weighted by Crippen LogP contribution is 2.17. The average molecular weight is 333 g/mol. The lowest BCUT2D eigenvalue weighted by molar-refractivity contribution is 0.172. The second kappa shape index (κ2) is 10.2. The van der Waals surface area contributed by atoms with Crippen molar-refractivity contribution in [3.63, 3.8) is 0 Å². The van der Waals surface area contributed by atoms with E-state index in [0.29, 0.717) is 6.61 Å². The van der Waals surface area contributed by atoms with E-state index in [2.05, 4.69) is 34.3 Å². The van der Waals surface area contributed by atoms with Crippen molar-refractivity contribution in [2.24, 2.45) is 10.9 Å². The number of benzene rings is 1. The summed E-state index contributed by atoms with van der Waals surface area (Å²) in [4.78, 5) is 6.78. The van der Waals surface area contributed by atoms with Crippen LogP contribution in [0.4, 0.5) is 0 Å². The first kappa shape index (κ1) is 18.6. The molecular formula is C19H31N3O2. The van der Waals surface area contributed by atoms with Crippen LogP contribution < -0.4 is 10.1 Å². The minimum Gasteiger partial charge on any atom is -0.493 e. The molecule has 1 aliphatic rings. The van der Waals surface area contributed by atoms with Crippen molar-refractivity contribution in [1.82, 2.24) is 10.2 Å². The molecule has 2 rings (SSSR count). The van der Waals surface area contributed by atoms with Crippen molar-refractivity contribution in [2.45, 2.75) is 32.7 Å². The molecular weight excluding hydrogens is 302 g/mol. The van der Waals surface area contributed by atoms with Crippen molar-refractivity contribution in [3.05, 3.63) is 29.8 Å². The van der Waals surface area contributed by atoms with Gasteiger partial charge in [-0.3, -0.25) is 4.99 Å². The predicted octanol–water partition coefficient (Wildman–Crippen LogP) is 2.91. The van der Waals surface area contributed by atoms with E-state index in [1.165, 1.54) is 18.4 Å². The zero-order valence-corrected chi connectivity index (χ0v) is 15.3. The molecule has 1 aromatic rings. The van der Waals surface area contributed by atoms with E-state index >= 15 is 0 Å². The first-order valence-electron chi connectivity index (χ1n) is 8.89. The first-order chi connectivity index (χ1) is 11.7. The standard InChI is InChI=1S/C19H31N3O2/c1-16-8-10-22(11-9-16)19(20-2)21-15-17-6-4-7-18(14-17)24-13-5-12-23-3/h4,6-7,14,16H,5,8-13,15H2,1-3H3,(H,20,21). The summed E-state index contributed by atoms with van der Waals surface area (Å²) in [6.07, 6.45) is 3.38. The molecule has 134 valence electrons. The van der Waals surface area contributed by atoms with Gasteiger partial charge in [-0.15, -0.1) is 0 Å². The molecule has 5 heteroatoms. The number of piperidine rings is 1. The Morgan fingerprint density at radius 3 is 2.79 bits per heavy atom. The maximum absolute atomic E-state index is 5.76. The number of guanidine groups is 1. The number of methoxy groups -OCH3 is 1. The largest absolute Gasteiger partial charge is 0.493 e. The number of rotatable bonds is 7. The van der Waals surface area contributed by atoms with Crippen molar-refractivity contribution in [2.75, 3.05) is 40.5 Å². The van der Waals surface area contributed by atoms with Gasteiger partial charge < -0.3 is 19.7 Å². The normalized spacial score (nSPS) is 16.3. The maximum Gasteiger partial charge on any atom is 0.193 e. The third-order valence-corrected chi connectivity index (χ3v) is 4.41. The van der Waals surface area contributed by atoms with Crippen molar-refractivity contribution < 1.29 is 9.47 Å². The fourth-order valence-electron chi connectivity index (χ4n) is 2.87. The fourth-order valence-corrected chi connectivity index (χ4v) is 2.87. The Labute approximate surface area is 146 Å². The summed E-state index contributed by atoms with van der Waals surface area (Å²) in [5.41, 5.74) is 1.20. The van der Waals surface area contributed by atoms with Crippen LogP contribution >= 0.6 is 0 Å². The number of nitrogens with one attached hydrogen (secondary N) is 1. The summed E-state index contributed by atoms with van der Waals surface area (Å²) in [6, 6.07) is 8.23. The van der Waals surface area contributed by atoms with Gasteiger partial charge >= 0.3 is 0 Å². The Bertz CT molecular complexity index is 511. The molecule has 0 atom stereocenters. The van der Waals surface area contributed by atoms with Gasteiger partial charge in [-0.25, -0.2) is 0 Å². The minimum atomic E-state index is 0.679. The van der Waals surface area contributed by atoms with Crippen LogP contribution in [0.25, 0.3) is 0 Å². The molecule has 0 aliphatic carbocycles. The number of likely N-dealkylation sites (tertiary alicyclic amines) is 1. The zero-order chi connectivity index (χ0) is 17.2. The minimum absolute atomic E-state index is 0.679. The van der Waals surface area contributed by atoms with Gasteiger partial charge in [-0.05, 0) is 36.5 Å². The molecule has 1 aromatic carbocycles. The van der Waals surface area contributed by atoms with Crippen LogP contribution in [0.3, 0.4) is 0 Å². The SMILES string of the molecule is CN=C(NCc1cccc(OCCCOC)c1)N1CCC(C)CC1. The second-order valence-corrected chi connectivity index (χ2v) is 6.41. The van der Waals surface area contributed by atoms with E-state index in [1.807, 2.05) is 19.2 Å². The van der Waals surface area contributed by atoms with Gasteiger partial charge in [0.2, 0.25) is 0 Å². The summed E-state index contributed by atoms with van der Waals surface area (Å²) in [7, 11) is 3.57. The van der Waals surface area contributed by atoms with Crippen molar-refractivity contribution >= 4 is 5.96 Å². The number of nitrogens with zero attached hydrogens (tertiary/aromatic N) is 2. The zero-order valence-electron chi connectivity index (χ0n) is 15.3. The molecule has 5 nitrogen and oxygen atoms in total. The van der Waals surface area contributed by atoms with E-state index in [4.69, 9.17) is 9.47 Å². The number of aliphatic imine (C=N–C) groups is 1. The average Bonchev–Trinajstić information content (AvgIpc) is 2.61. The van der Waals surface area contributed by atoms with E-state index in [0.717, 1.165) is 50.3 Å². The van der Waals surface area contributed by atoms with E-state index in [-0.39, 0.29) is 0 Å². The lowest BCUT2D eigenvalue weighted by Gasteiger charge is -2.32. The quantitative estimate of drug-likeness (QED) is 0.473. The first-order valence-corrected chi connectivity index (χ1v) is 8.89. The lowest BCUT2D eigenvalue weighted by Crippen LogP contribution is -2.45. The van der Waals surface area contributed by atoms with Crippen LogP contribution in [0.15, 0.2) is 29.3 Å². The van der Waals surface area contributed by atoms with Gasteiger partial charge in [0.25, 0.3) is 0 Å². The Balaban J connectivity index is 1.82. The molecule has 24 heavy (non-hydrogen) atoms. The summed E-state index contributed by atoms with van der Waals surface area (Å²) < 4.78 is 10.8. The predicted molar refractivity (Wildman–Crippen MR) is 98.6 cm³/mol. The van der Waals surface area contributed by atoms with Gasteiger partial charge in [0.05, 0.1) is 6.61 Å². The van der Waals surface area contributed by atoms with Crippen LogP contribution in [0.1, 0.15) is 31.7 Å². The second-order valence-electron chi connectivity index (χ2n) is 6.41. The van der Waals surface area contributed by atoms with Crippen LogP contribution in [-0.2, 0) is 11.3 Å². The molecule has 0 aromatic heterocycles. The molecule has 1 aliphatic heterocycles. The molecule has 0 unspecified atom stereocenters. The number of hydrogen-bond donors (Lipinski definition) is 1. The third-order valence-electron chi connectivity index (χ3n) is 4.41. The molecule has 1 heterocycles. The highest BCUT2D eigenvalue weighted by atomic mass is 16.5. The van der Waals surface area contributed by atoms with Gasteiger partial charge in [-0.1, -0.05) is 19.1 Å². The summed E-state index contributed by atoms with van der Waals surface area (Å²) in [6.45, 7) is 6.66. The number of hydrogen-bond acceptors (Lipinski definition) is 3. The third kappa shape index (κ3) is 6.04. The smallest absolute Gasteiger partial charge is 0.193 e. The molecule has 1 N–H and O–H groups in total.